The number of carbonyl (C=O) groups is 1. The van der Waals surface area contributed by atoms with Crippen LogP contribution >= 0.6 is 11.3 Å². The number of nitrogens with zero attached hydrogens (tertiary/aromatic N) is 2. The number of anilines is 1. The number of benzene rings is 1. The number of nitrogens with one attached hydrogen (secondary N) is 1. The molecule has 0 spiro atoms. The monoisotopic (exact) mass is 337 g/mol. The summed E-state index contributed by atoms with van der Waals surface area (Å²) in [5, 5.41) is 14.2. The summed E-state index contributed by atoms with van der Waals surface area (Å²) in [6, 6.07) is 11.9. The Balaban J connectivity index is 1.48. The highest BCUT2D eigenvalue weighted by molar-refractivity contribution is 7.10. The highest BCUT2D eigenvalue weighted by atomic mass is 32.1. The Morgan fingerprint density at radius 1 is 1.33 bits per heavy atom. The van der Waals surface area contributed by atoms with Crippen LogP contribution in [0, 0.1) is 17.2 Å². The summed E-state index contributed by atoms with van der Waals surface area (Å²) < 4.78 is 0. The van der Waals surface area contributed by atoms with Gasteiger partial charge in [0, 0.05) is 17.5 Å². The summed E-state index contributed by atoms with van der Waals surface area (Å²) in [6.45, 7) is 1.32. The van der Waals surface area contributed by atoms with Gasteiger partial charge in [-0.25, -0.2) is 0 Å². The van der Waals surface area contributed by atoms with Gasteiger partial charge in [-0.05, 0) is 54.3 Å². The zero-order valence-electron chi connectivity index (χ0n) is 13.4. The van der Waals surface area contributed by atoms with Crippen molar-refractivity contribution in [3.8, 4) is 6.07 Å². The van der Waals surface area contributed by atoms with Gasteiger partial charge in [-0.15, -0.1) is 11.3 Å². The van der Waals surface area contributed by atoms with E-state index in [9.17, 15) is 4.79 Å². The molecule has 4 rings (SSSR count). The molecule has 1 aromatic heterocycles. The smallest absolute Gasteiger partial charge is 0.238 e. The molecule has 1 aliphatic carbocycles. The summed E-state index contributed by atoms with van der Waals surface area (Å²) in [6.07, 6.45) is 3.54. The van der Waals surface area contributed by atoms with Gasteiger partial charge in [-0.2, -0.15) is 5.26 Å². The molecule has 1 N–H and O–H groups in total. The van der Waals surface area contributed by atoms with Crippen LogP contribution in [0.25, 0.3) is 0 Å². The number of rotatable bonds is 4. The number of carbonyl (C=O) groups excluding carboxylic acids is 1. The standard InChI is InChI=1S/C19H19N3OS/c20-11-14-3-1-2-4-16(14)21-18(23)12-22-9-7-17-15(8-10-24-17)19(22)13-5-6-13/h1-4,8,10,13,19H,5-7,9,12H2,(H,21,23)/t19-/m0/s1. The van der Waals surface area contributed by atoms with Crippen molar-refractivity contribution in [2.45, 2.75) is 25.3 Å². The molecule has 2 aliphatic rings. The van der Waals surface area contributed by atoms with Gasteiger partial charge in [0.25, 0.3) is 0 Å². The van der Waals surface area contributed by atoms with Crippen molar-refractivity contribution in [2.75, 3.05) is 18.4 Å². The Hall–Kier alpha value is -2.16. The van der Waals surface area contributed by atoms with E-state index in [1.807, 2.05) is 17.4 Å². The molecule has 1 saturated carbocycles. The molecule has 1 atom stereocenters. The minimum atomic E-state index is -0.0398. The Morgan fingerprint density at radius 2 is 2.17 bits per heavy atom. The average Bonchev–Trinajstić information content (AvgIpc) is 3.31. The van der Waals surface area contributed by atoms with Crippen LogP contribution in [0.2, 0.25) is 0 Å². The van der Waals surface area contributed by atoms with E-state index < -0.39 is 0 Å². The Kier molecular flexibility index (Phi) is 4.09. The maximum absolute atomic E-state index is 12.5. The van der Waals surface area contributed by atoms with E-state index >= 15 is 0 Å². The van der Waals surface area contributed by atoms with Crippen LogP contribution in [-0.4, -0.2) is 23.9 Å². The predicted octanol–water partition coefficient (Wildman–Crippen LogP) is 3.57. The lowest BCUT2D eigenvalue weighted by molar-refractivity contribution is -0.118. The van der Waals surface area contributed by atoms with E-state index in [0.717, 1.165) is 13.0 Å². The van der Waals surface area contributed by atoms with Crippen LogP contribution in [0.1, 0.15) is 34.9 Å². The van der Waals surface area contributed by atoms with Gasteiger partial charge in [0.2, 0.25) is 5.91 Å². The number of hydrogen-bond acceptors (Lipinski definition) is 4. The number of amides is 1. The predicted molar refractivity (Wildman–Crippen MR) is 94.8 cm³/mol. The number of fused-ring (bicyclic) bond motifs is 1. The third-order valence-electron chi connectivity index (χ3n) is 4.85. The second kappa shape index (κ2) is 6.39. The summed E-state index contributed by atoms with van der Waals surface area (Å²) in [4.78, 5) is 16.3. The summed E-state index contributed by atoms with van der Waals surface area (Å²) in [5.41, 5.74) is 2.53. The van der Waals surface area contributed by atoms with Crippen molar-refractivity contribution in [1.82, 2.24) is 4.90 Å². The lowest BCUT2D eigenvalue weighted by atomic mass is 9.96. The fraction of sp³-hybridized carbons (Fsp3) is 0.368. The van der Waals surface area contributed by atoms with Crippen LogP contribution in [0.5, 0.6) is 0 Å². The first-order chi connectivity index (χ1) is 11.8. The SMILES string of the molecule is N#Cc1ccccc1NC(=O)CN1CCc2sccc2[C@@H]1C1CC1. The van der Waals surface area contributed by atoms with Crippen molar-refractivity contribution in [1.29, 1.82) is 5.26 Å². The molecule has 1 aliphatic heterocycles. The van der Waals surface area contributed by atoms with Crippen LogP contribution < -0.4 is 5.32 Å². The minimum Gasteiger partial charge on any atom is -0.324 e. The van der Waals surface area contributed by atoms with Crippen LogP contribution in [0.15, 0.2) is 35.7 Å². The van der Waals surface area contributed by atoms with Gasteiger partial charge in [-0.3, -0.25) is 9.69 Å². The highest BCUT2D eigenvalue weighted by Crippen LogP contribution is 2.48. The van der Waals surface area contributed by atoms with E-state index in [0.29, 0.717) is 29.8 Å². The van der Waals surface area contributed by atoms with Crippen LogP contribution in [0.4, 0.5) is 5.69 Å². The van der Waals surface area contributed by atoms with E-state index in [1.165, 1.54) is 23.3 Å². The third kappa shape index (κ3) is 2.95. The van der Waals surface area contributed by atoms with Crippen molar-refractivity contribution in [3.05, 3.63) is 51.7 Å². The van der Waals surface area contributed by atoms with Crippen molar-refractivity contribution < 1.29 is 4.79 Å². The van der Waals surface area contributed by atoms with Gasteiger partial charge in [0.05, 0.1) is 17.8 Å². The lowest BCUT2D eigenvalue weighted by Crippen LogP contribution is -2.41. The lowest BCUT2D eigenvalue weighted by Gasteiger charge is -2.35. The molecule has 5 heteroatoms. The zero-order valence-corrected chi connectivity index (χ0v) is 14.2. The van der Waals surface area contributed by atoms with E-state index in [-0.39, 0.29) is 5.91 Å². The molecule has 1 aromatic carbocycles. The number of nitriles is 1. The Morgan fingerprint density at radius 3 is 2.96 bits per heavy atom. The molecular formula is C19H19N3OS. The Bertz CT molecular complexity index is 803. The maximum atomic E-state index is 12.5. The number of thiophene rings is 1. The largest absolute Gasteiger partial charge is 0.324 e. The minimum absolute atomic E-state index is 0.0398. The second-order valence-corrected chi connectivity index (χ2v) is 7.51. The van der Waals surface area contributed by atoms with Gasteiger partial charge >= 0.3 is 0 Å². The normalized spacial score (nSPS) is 20.2. The van der Waals surface area contributed by atoms with Crippen LogP contribution in [0.3, 0.4) is 0 Å². The van der Waals surface area contributed by atoms with Crippen molar-refractivity contribution >= 4 is 22.9 Å². The van der Waals surface area contributed by atoms with Gasteiger partial charge in [0.1, 0.15) is 6.07 Å². The zero-order chi connectivity index (χ0) is 16.5. The molecule has 4 nitrogen and oxygen atoms in total. The molecule has 1 fully saturated rings. The van der Waals surface area contributed by atoms with E-state index in [4.69, 9.17) is 5.26 Å². The van der Waals surface area contributed by atoms with Crippen molar-refractivity contribution in [2.24, 2.45) is 5.92 Å². The third-order valence-corrected chi connectivity index (χ3v) is 5.85. The molecule has 2 aromatic rings. The first-order valence-corrected chi connectivity index (χ1v) is 9.23. The molecule has 1 amide bonds. The first kappa shape index (κ1) is 15.4. The molecule has 0 bridgehead atoms. The molecular weight excluding hydrogens is 318 g/mol. The highest BCUT2D eigenvalue weighted by Gasteiger charge is 2.40. The summed E-state index contributed by atoms with van der Waals surface area (Å²) in [5.74, 6) is 0.653. The molecule has 0 radical (unpaired) electrons. The summed E-state index contributed by atoms with van der Waals surface area (Å²) >= 11 is 1.84. The topological polar surface area (TPSA) is 56.1 Å². The van der Waals surface area contributed by atoms with Gasteiger partial charge in [0.15, 0.2) is 0 Å². The first-order valence-electron chi connectivity index (χ1n) is 8.35. The fourth-order valence-electron chi connectivity index (χ4n) is 3.60. The Labute approximate surface area is 145 Å². The second-order valence-electron chi connectivity index (χ2n) is 6.51. The fourth-order valence-corrected chi connectivity index (χ4v) is 4.52. The van der Waals surface area contributed by atoms with Crippen LogP contribution in [-0.2, 0) is 11.2 Å². The van der Waals surface area contributed by atoms with E-state index in [2.05, 4.69) is 27.7 Å². The number of hydrogen-bond donors (Lipinski definition) is 1. The quantitative estimate of drug-likeness (QED) is 0.928. The average molecular weight is 337 g/mol. The summed E-state index contributed by atoms with van der Waals surface area (Å²) in [7, 11) is 0. The number of para-hydroxylation sites is 1. The molecule has 0 saturated heterocycles. The molecule has 24 heavy (non-hydrogen) atoms. The molecule has 122 valence electrons. The maximum Gasteiger partial charge on any atom is 0.238 e. The van der Waals surface area contributed by atoms with Gasteiger partial charge < -0.3 is 5.32 Å². The van der Waals surface area contributed by atoms with Gasteiger partial charge in [-0.1, -0.05) is 12.1 Å². The molecule has 2 heterocycles. The van der Waals surface area contributed by atoms with Crippen molar-refractivity contribution in [3.63, 3.8) is 0 Å². The van der Waals surface area contributed by atoms with E-state index in [1.54, 1.807) is 18.2 Å². The molecule has 0 unspecified atom stereocenters.